The number of aromatic amines is 1. The number of imidazole rings is 1. The molecule has 0 saturated heterocycles. The standard InChI is InChI=1S/C28H28F3N9/c1-4-19-22(23(17-7-8-17)34-13-33-19)25-37-26(24-27(38-25)36-14-35-24)32-12-16-5-9-18(10-6-16)40-20(15(2)3)11-21(39-40)28(29,30)31/h5-6,9-11,13-15,17H,4,7-8,12H2,1-3H3,(H2,32,35,36,37,38). The first-order valence-electron chi connectivity index (χ1n) is 13.3. The van der Waals surface area contributed by atoms with E-state index in [0.29, 0.717) is 46.7 Å². The largest absolute Gasteiger partial charge is 0.435 e. The molecule has 2 N–H and O–H groups in total. The maximum absolute atomic E-state index is 13.3. The van der Waals surface area contributed by atoms with Gasteiger partial charge >= 0.3 is 6.18 Å². The summed E-state index contributed by atoms with van der Waals surface area (Å²) in [6.07, 6.45) is 1.60. The summed E-state index contributed by atoms with van der Waals surface area (Å²) in [7, 11) is 0. The van der Waals surface area contributed by atoms with Gasteiger partial charge in [-0.25, -0.2) is 29.6 Å². The van der Waals surface area contributed by atoms with Gasteiger partial charge < -0.3 is 10.3 Å². The number of nitrogens with one attached hydrogen (secondary N) is 2. The van der Waals surface area contributed by atoms with Gasteiger partial charge in [0.25, 0.3) is 0 Å². The third-order valence-corrected chi connectivity index (χ3v) is 7.02. The third kappa shape index (κ3) is 4.89. The number of aromatic nitrogens is 8. The van der Waals surface area contributed by atoms with Crippen molar-refractivity contribution in [2.75, 3.05) is 5.32 Å². The second kappa shape index (κ2) is 10.00. The molecule has 40 heavy (non-hydrogen) atoms. The third-order valence-electron chi connectivity index (χ3n) is 7.02. The normalized spacial score (nSPS) is 13.9. The van der Waals surface area contributed by atoms with E-state index in [1.165, 1.54) is 4.68 Å². The van der Waals surface area contributed by atoms with E-state index in [-0.39, 0.29) is 5.92 Å². The Labute approximate surface area is 228 Å². The second-order valence-electron chi connectivity index (χ2n) is 10.2. The van der Waals surface area contributed by atoms with E-state index in [2.05, 4.69) is 37.3 Å². The molecule has 0 spiro atoms. The van der Waals surface area contributed by atoms with Crippen molar-refractivity contribution >= 4 is 17.0 Å². The monoisotopic (exact) mass is 547 g/mol. The van der Waals surface area contributed by atoms with Crippen molar-refractivity contribution in [3.05, 3.63) is 71.3 Å². The predicted octanol–water partition coefficient (Wildman–Crippen LogP) is 6.19. The Morgan fingerprint density at radius 2 is 1.85 bits per heavy atom. The molecule has 1 aliphatic rings. The maximum Gasteiger partial charge on any atom is 0.435 e. The summed E-state index contributed by atoms with van der Waals surface area (Å²) in [4.78, 5) is 26.1. The molecule has 12 heteroatoms. The highest BCUT2D eigenvalue weighted by Crippen LogP contribution is 2.43. The molecule has 0 bridgehead atoms. The maximum atomic E-state index is 13.3. The first-order valence-corrected chi connectivity index (χ1v) is 13.3. The molecule has 4 heterocycles. The number of alkyl halides is 3. The van der Waals surface area contributed by atoms with Gasteiger partial charge in [0.05, 0.1) is 29.0 Å². The molecule has 0 atom stereocenters. The minimum Gasteiger partial charge on any atom is -0.364 e. The Bertz CT molecular complexity index is 1670. The SMILES string of the molecule is CCc1ncnc(C2CC2)c1-c1nc(NCc2ccc(-n3nc(C(F)(F)F)cc3C(C)C)cc2)c2[nH]cnc2n1. The molecule has 1 fully saturated rings. The van der Waals surface area contributed by atoms with Crippen molar-refractivity contribution in [3.8, 4) is 17.1 Å². The summed E-state index contributed by atoms with van der Waals surface area (Å²) in [5.41, 5.74) is 5.06. The average molecular weight is 548 g/mol. The molecule has 5 aromatic rings. The van der Waals surface area contributed by atoms with Gasteiger partial charge in [0, 0.05) is 18.2 Å². The number of fused-ring (bicyclic) bond motifs is 1. The zero-order valence-electron chi connectivity index (χ0n) is 22.3. The number of benzene rings is 1. The summed E-state index contributed by atoms with van der Waals surface area (Å²) in [5, 5.41) is 7.22. The number of H-pyrrole nitrogens is 1. The number of halogens is 3. The van der Waals surface area contributed by atoms with Crippen LogP contribution in [0.3, 0.4) is 0 Å². The van der Waals surface area contributed by atoms with Crippen LogP contribution in [-0.4, -0.2) is 39.7 Å². The smallest absolute Gasteiger partial charge is 0.364 e. The highest BCUT2D eigenvalue weighted by Gasteiger charge is 2.35. The second-order valence-corrected chi connectivity index (χ2v) is 10.2. The molecule has 0 unspecified atom stereocenters. The van der Waals surface area contributed by atoms with Crippen LogP contribution in [0.4, 0.5) is 19.0 Å². The number of hydrogen-bond acceptors (Lipinski definition) is 7. The van der Waals surface area contributed by atoms with E-state index in [4.69, 9.17) is 9.97 Å². The Hall–Kier alpha value is -4.35. The van der Waals surface area contributed by atoms with Crippen LogP contribution >= 0.6 is 0 Å². The lowest BCUT2D eigenvalue weighted by molar-refractivity contribution is -0.141. The number of nitrogens with zero attached hydrogens (tertiary/aromatic N) is 7. The van der Waals surface area contributed by atoms with Crippen LogP contribution in [0.5, 0.6) is 0 Å². The van der Waals surface area contributed by atoms with Crippen LogP contribution in [0.25, 0.3) is 28.2 Å². The van der Waals surface area contributed by atoms with Crippen molar-refractivity contribution < 1.29 is 13.2 Å². The van der Waals surface area contributed by atoms with Gasteiger partial charge in [-0.05, 0) is 48.9 Å². The molecule has 6 rings (SSSR count). The van der Waals surface area contributed by atoms with E-state index in [1.807, 2.05) is 26.0 Å². The molecule has 0 radical (unpaired) electrons. The number of hydrogen-bond donors (Lipinski definition) is 2. The van der Waals surface area contributed by atoms with E-state index in [9.17, 15) is 13.2 Å². The topological polar surface area (TPSA) is 110 Å². The van der Waals surface area contributed by atoms with Crippen molar-refractivity contribution in [3.63, 3.8) is 0 Å². The molecule has 0 aliphatic heterocycles. The molecular formula is C28H28F3N9. The van der Waals surface area contributed by atoms with Crippen LogP contribution in [0.2, 0.25) is 0 Å². The Morgan fingerprint density at radius 1 is 1.07 bits per heavy atom. The van der Waals surface area contributed by atoms with Crippen LogP contribution in [0.1, 0.15) is 73.8 Å². The molecule has 1 aliphatic carbocycles. The summed E-state index contributed by atoms with van der Waals surface area (Å²) < 4.78 is 41.3. The molecule has 206 valence electrons. The zero-order chi connectivity index (χ0) is 28.0. The van der Waals surface area contributed by atoms with Gasteiger partial charge in [-0.3, -0.25) is 0 Å². The Balaban J connectivity index is 1.29. The van der Waals surface area contributed by atoms with E-state index < -0.39 is 11.9 Å². The Kier molecular flexibility index (Phi) is 6.47. The summed E-state index contributed by atoms with van der Waals surface area (Å²) in [6.45, 7) is 6.17. The van der Waals surface area contributed by atoms with E-state index in [0.717, 1.165) is 47.8 Å². The van der Waals surface area contributed by atoms with Gasteiger partial charge in [0.2, 0.25) is 0 Å². The molecule has 0 amide bonds. The lowest BCUT2D eigenvalue weighted by Crippen LogP contribution is -2.09. The van der Waals surface area contributed by atoms with E-state index >= 15 is 0 Å². The summed E-state index contributed by atoms with van der Waals surface area (Å²) in [5.74, 6) is 1.41. The number of anilines is 1. The van der Waals surface area contributed by atoms with Crippen LogP contribution in [0, 0.1) is 0 Å². The fourth-order valence-electron chi connectivity index (χ4n) is 4.78. The predicted molar refractivity (Wildman–Crippen MR) is 144 cm³/mol. The lowest BCUT2D eigenvalue weighted by atomic mass is 10.1. The van der Waals surface area contributed by atoms with Gasteiger partial charge in [0.15, 0.2) is 23.0 Å². The summed E-state index contributed by atoms with van der Waals surface area (Å²) >= 11 is 0. The first-order chi connectivity index (χ1) is 19.2. The van der Waals surface area contributed by atoms with Crippen molar-refractivity contribution in [2.45, 2.75) is 64.6 Å². The molecule has 9 nitrogen and oxygen atoms in total. The minimum atomic E-state index is -4.50. The average Bonchev–Trinajstić information content (AvgIpc) is 3.48. The van der Waals surface area contributed by atoms with Gasteiger partial charge in [-0.1, -0.05) is 32.9 Å². The van der Waals surface area contributed by atoms with Crippen molar-refractivity contribution in [2.24, 2.45) is 0 Å². The quantitative estimate of drug-likeness (QED) is 0.238. The fraction of sp³-hybridized carbons (Fsp3) is 0.357. The van der Waals surface area contributed by atoms with Crippen molar-refractivity contribution in [1.29, 1.82) is 0 Å². The van der Waals surface area contributed by atoms with E-state index in [1.54, 1.807) is 24.8 Å². The minimum absolute atomic E-state index is 0.127. The zero-order valence-corrected chi connectivity index (χ0v) is 22.3. The van der Waals surface area contributed by atoms with Crippen molar-refractivity contribution in [1.82, 2.24) is 39.7 Å². The van der Waals surface area contributed by atoms with Gasteiger partial charge in [-0.15, -0.1) is 0 Å². The number of aryl methyl sites for hydroxylation is 1. The number of rotatable bonds is 8. The Morgan fingerprint density at radius 3 is 2.52 bits per heavy atom. The van der Waals surface area contributed by atoms with Gasteiger partial charge in [-0.2, -0.15) is 18.3 Å². The summed E-state index contributed by atoms with van der Waals surface area (Å²) in [6, 6.07) is 8.37. The lowest BCUT2D eigenvalue weighted by Gasteiger charge is -2.13. The highest BCUT2D eigenvalue weighted by molar-refractivity contribution is 5.85. The molecule has 4 aromatic heterocycles. The van der Waals surface area contributed by atoms with Crippen LogP contribution in [-0.2, 0) is 19.1 Å². The first kappa shape index (κ1) is 25.9. The molecular weight excluding hydrogens is 519 g/mol. The molecule has 1 aromatic carbocycles. The van der Waals surface area contributed by atoms with Gasteiger partial charge in [0.1, 0.15) is 11.8 Å². The fourth-order valence-corrected chi connectivity index (χ4v) is 4.78. The molecule has 1 saturated carbocycles. The van der Waals surface area contributed by atoms with Crippen LogP contribution in [0.15, 0.2) is 43.0 Å². The highest BCUT2D eigenvalue weighted by atomic mass is 19.4. The van der Waals surface area contributed by atoms with Crippen LogP contribution < -0.4 is 5.32 Å².